The Morgan fingerprint density at radius 1 is 1.32 bits per heavy atom. The number of rotatable bonds is 8. The van der Waals surface area contributed by atoms with Gasteiger partial charge in [-0.3, -0.25) is 4.90 Å². The monoisotopic (exact) mass is 272 g/mol. The van der Waals surface area contributed by atoms with Gasteiger partial charge in [0, 0.05) is 0 Å². The van der Waals surface area contributed by atoms with Crippen LogP contribution in [0.4, 0.5) is 0 Å². The maximum absolute atomic E-state index is 7.66. The van der Waals surface area contributed by atoms with Crippen molar-refractivity contribution in [3.63, 3.8) is 0 Å². The Labute approximate surface area is 118 Å². The van der Waals surface area contributed by atoms with Gasteiger partial charge in [-0.25, -0.2) is 5.41 Å². The van der Waals surface area contributed by atoms with Gasteiger partial charge in [-0.15, -0.1) is 0 Å². The number of likely N-dealkylation sites (N-methyl/N-ethyl adjacent to an activating group) is 1. The first-order valence-electron chi connectivity index (χ1n) is 7.92. The minimum Gasteiger partial charge on any atom is -0.344 e. The molecule has 112 valence electrons. The minimum atomic E-state index is 0.329. The molecule has 5 nitrogen and oxygen atoms in total. The van der Waals surface area contributed by atoms with Crippen LogP contribution in [0.3, 0.4) is 0 Å². The number of hydrogen-bond donors (Lipinski definition) is 4. The number of likely N-dealkylation sites (tertiary alicyclic amines) is 1. The molecule has 1 saturated heterocycles. The van der Waals surface area contributed by atoms with Crippen LogP contribution >= 0.6 is 0 Å². The highest BCUT2D eigenvalue weighted by molar-refractivity contribution is 5.64. The van der Waals surface area contributed by atoms with Gasteiger partial charge in [-0.1, -0.05) is 13.8 Å². The van der Waals surface area contributed by atoms with E-state index in [4.69, 9.17) is 11.1 Å². The van der Waals surface area contributed by atoms with Crippen molar-refractivity contribution in [2.75, 3.05) is 46.3 Å². The molecule has 0 bridgehead atoms. The summed E-state index contributed by atoms with van der Waals surface area (Å²) in [4.78, 5) is 1.19. The molecule has 0 saturated carbocycles. The van der Waals surface area contributed by atoms with Crippen molar-refractivity contribution in [1.29, 1.82) is 5.41 Å². The number of nitrogens with zero attached hydrogens (tertiary/aromatic N) is 1. The van der Waals surface area contributed by atoms with Crippen LogP contribution < -0.4 is 16.0 Å². The average molecular weight is 272 g/mol. The number of nitrogens with one attached hydrogen (secondary N) is 2. The molecule has 0 amide bonds. The van der Waals surface area contributed by atoms with Crippen LogP contribution in [0.2, 0.25) is 0 Å². The molecule has 0 aromatic heterocycles. The third-order valence-corrected chi connectivity index (χ3v) is 4.62. The smallest absolute Gasteiger partial charge is 0.290 e. The molecule has 19 heavy (non-hydrogen) atoms. The van der Waals surface area contributed by atoms with Gasteiger partial charge < -0.3 is 15.5 Å². The summed E-state index contributed by atoms with van der Waals surface area (Å²) in [6.07, 6.45) is 3.71. The number of quaternary nitrogens is 3. The van der Waals surface area contributed by atoms with Crippen LogP contribution in [0.1, 0.15) is 33.1 Å². The van der Waals surface area contributed by atoms with Crippen molar-refractivity contribution in [3.05, 3.63) is 0 Å². The third-order valence-electron chi connectivity index (χ3n) is 4.62. The van der Waals surface area contributed by atoms with Crippen molar-refractivity contribution in [2.45, 2.75) is 39.2 Å². The van der Waals surface area contributed by atoms with E-state index >= 15 is 0 Å². The summed E-state index contributed by atoms with van der Waals surface area (Å²) in [5, 5.41) is 9.95. The Morgan fingerprint density at radius 3 is 2.37 bits per heavy atom. The van der Waals surface area contributed by atoms with E-state index in [1.807, 2.05) is 0 Å². The molecule has 1 heterocycles. The lowest BCUT2D eigenvalue weighted by atomic mass is 10.1. The fourth-order valence-electron chi connectivity index (χ4n) is 3.70. The first-order valence-corrected chi connectivity index (χ1v) is 7.92. The van der Waals surface area contributed by atoms with E-state index in [1.165, 1.54) is 54.8 Å². The van der Waals surface area contributed by atoms with E-state index in [1.54, 1.807) is 0 Å². The van der Waals surface area contributed by atoms with Crippen LogP contribution in [0.25, 0.3) is 0 Å². The zero-order valence-electron chi connectivity index (χ0n) is 13.0. The summed E-state index contributed by atoms with van der Waals surface area (Å²) >= 11 is 0. The van der Waals surface area contributed by atoms with Gasteiger partial charge in [0.25, 0.3) is 5.96 Å². The molecule has 0 aromatic rings. The van der Waals surface area contributed by atoms with Crippen molar-refractivity contribution >= 4 is 5.96 Å². The predicted octanol–water partition coefficient (Wildman–Crippen LogP) is -1.63. The highest BCUT2D eigenvalue weighted by Gasteiger charge is 2.43. The molecule has 1 aliphatic rings. The Kier molecular flexibility index (Phi) is 6.75. The van der Waals surface area contributed by atoms with E-state index in [0.717, 1.165) is 13.1 Å². The van der Waals surface area contributed by atoms with Crippen molar-refractivity contribution in [3.8, 4) is 0 Å². The van der Waals surface area contributed by atoms with Gasteiger partial charge >= 0.3 is 0 Å². The van der Waals surface area contributed by atoms with Gasteiger partial charge in [-0.2, -0.15) is 0 Å². The summed E-state index contributed by atoms with van der Waals surface area (Å²) in [5.41, 5.74) is 5.68. The summed E-state index contributed by atoms with van der Waals surface area (Å²) in [6.45, 7) is 11.7. The highest BCUT2D eigenvalue weighted by Crippen LogP contribution is 2.19. The predicted molar refractivity (Wildman–Crippen MR) is 79.2 cm³/mol. The molecule has 2 atom stereocenters. The fraction of sp³-hybridized carbons (Fsp3) is 0.929. The Bertz CT molecular complexity index is 273. The Balaban J connectivity index is 2.78. The molecule has 0 aromatic carbocycles. The second-order valence-electron chi connectivity index (χ2n) is 6.00. The first-order chi connectivity index (χ1) is 9.09. The number of hydrogen-bond acceptors (Lipinski definition) is 1. The van der Waals surface area contributed by atoms with E-state index in [9.17, 15) is 0 Å². The number of nitrogens with two attached hydrogens (primary N) is 2. The van der Waals surface area contributed by atoms with Gasteiger partial charge in [0.2, 0.25) is 0 Å². The molecular formula is C14H34N5+3. The molecule has 0 radical (unpaired) electrons. The van der Waals surface area contributed by atoms with Gasteiger partial charge in [0.15, 0.2) is 0 Å². The standard InChI is InChI=1S/C14H32N5/c1-4-9-19(10-5-2,11-7-17-3)13-6-8-18(12-13)14(15)16/h13,17H,4-12H2,1-3H3,(H3,15,16)/q+1/p+2. The summed E-state index contributed by atoms with van der Waals surface area (Å²) in [5.74, 6) is 0.329. The van der Waals surface area contributed by atoms with Crippen molar-refractivity contribution in [2.24, 2.45) is 5.73 Å². The van der Waals surface area contributed by atoms with Crippen molar-refractivity contribution in [1.82, 2.24) is 0 Å². The first kappa shape index (κ1) is 16.4. The summed E-state index contributed by atoms with van der Waals surface area (Å²) in [6, 6.07) is 0.693. The zero-order valence-corrected chi connectivity index (χ0v) is 13.0. The molecule has 1 aliphatic heterocycles. The van der Waals surface area contributed by atoms with Crippen LogP contribution in [0.5, 0.6) is 0 Å². The second-order valence-corrected chi connectivity index (χ2v) is 6.00. The SMILES string of the molecule is CCC[N+](CCC)(CC[NH2+]C)C1CC[NH+](C(=N)N)C1. The lowest BCUT2D eigenvalue weighted by Gasteiger charge is -2.42. The van der Waals surface area contributed by atoms with Gasteiger partial charge in [0.05, 0.1) is 33.1 Å². The van der Waals surface area contributed by atoms with Crippen LogP contribution in [-0.4, -0.2) is 62.8 Å². The lowest BCUT2D eigenvalue weighted by Crippen LogP contribution is -3.14. The highest BCUT2D eigenvalue weighted by atomic mass is 15.4. The lowest BCUT2D eigenvalue weighted by molar-refractivity contribution is -0.967. The maximum Gasteiger partial charge on any atom is 0.290 e. The fourth-order valence-corrected chi connectivity index (χ4v) is 3.70. The van der Waals surface area contributed by atoms with Crippen LogP contribution in [-0.2, 0) is 0 Å². The third kappa shape index (κ3) is 4.16. The largest absolute Gasteiger partial charge is 0.344 e. The van der Waals surface area contributed by atoms with E-state index in [0.29, 0.717) is 12.0 Å². The zero-order chi connectivity index (χ0) is 14.3. The normalized spacial score (nSPS) is 23.7. The quantitative estimate of drug-likeness (QED) is 0.239. The molecule has 0 aliphatic carbocycles. The van der Waals surface area contributed by atoms with Crippen LogP contribution in [0, 0.1) is 5.41 Å². The Morgan fingerprint density at radius 2 is 1.95 bits per heavy atom. The van der Waals surface area contributed by atoms with E-state index in [2.05, 4.69) is 26.2 Å². The molecule has 1 rings (SSSR count). The average Bonchev–Trinajstić information content (AvgIpc) is 2.86. The summed E-state index contributed by atoms with van der Waals surface area (Å²) in [7, 11) is 2.16. The van der Waals surface area contributed by atoms with E-state index in [-0.39, 0.29) is 0 Å². The molecule has 2 unspecified atom stereocenters. The number of guanidine groups is 1. The van der Waals surface area contributed by atoms with E-state index < -0.39 is 0 Å². The van der Waals surface area contributed by atoms with Crippen LogP contribution in [0.15, 0.2) is 0 Å². The van der Waals surface area contributed by atoms with Gasteiger partial charge in [-0.05, 0) is 12.8 Å². The summed E-state index contributed by atoms with van der Waals surface area (Å²) < 4.78 is 1.24. The van der Waals surface area contributed by atoms with Gasteiger partial charge in [0.1, 0.15) is 25.7 Å². The molecular weight excluding hydrogens is 238 g/mol. The van der Waals surface area contributed by atoms with Crippen molar-refractivity contribution < 1.29 is 14.7 Å². The topological polar surface area (TPSA) is 70.9 Å². The Hall–Kier alpha value is -0.650. The maximum atomic E-state index is 7.66. The second kappa shape index (κ2) is 7.82. The molecule has 0 spiro atoms. The molecule has 6 N–H and O–H groups in total. The molecule has 5 heteroatoms. The molecule has 1 fully saturated rings. The minimum absolute atomic E-state index is 0.329.